The fourth-order valence-electron chi connectivity index (χ4n) is 5.42. The van der Waals surface area contributed by atoms with Gasteiger partial charge < -0.3 is 5.41 Å². The molecule has 0 heterocycles. The third-order valence-electron chi connectivity index (χ3n) is 7.22. The third kappa shape index (κ3) is 3.95. The number of hydrogen-bond acceptors (Lipinski definition) is 1. The van der Waals surface area contributed by atoms with Crippen molar-refractivity contribution < 1.29 is 0 Å². The molecule has 0 unspecified atom stereocenters. The lowest BCUT2D eigenvalue weighted by molar-refractivity contribution is 1.47. The van der Waals surface area contributed by atoms with E-state index in [2.05, 4.69) is 123 Å². The van der Waals surface area contributed by atoms with E-state index in [1.807, 2.05) is 0 Å². The first-order chi connectivity index (χ1) is 18.2. The smallest absolute Gasteiger partial charge is 0.0183 e. The van der Waals surface area contributed by atoms with E-state index < -0.39 is 0 Å². The Balaban J connectivity index is 1.66. The van der Waals surface area contributed by atoms with Crippen molar-refractivity contribution in [3.63, 3.8) is 0 Å². The molecule has 1 nitrogen and oxygen atoms in total. The Morgan fingerprint density at radius 1 is 0.622 bits per heavy atom. The Morgan fingerprint density at radius 2 is 1.16 bits per heavy atom. The minimum absolute atomic E-state index is 0.945. The lowest BCUT2D eigenvalue weighted by Gasteiger charge is -2.18. The van der Waals surface area contributed by atoms with Crippen LogP contribution < -0.4 is 0 Å². The number of fused-ring (bicyclic) bond motifs is 3. The topological polar surface area (TPSA) is 23.9 Å². The predicted octanol–water partition coefficient (Wildman–Crippen LogP) is 10.0. The molecule has 0 amide bonds. The summed E-state index contributed by atoms with van der Waals surface area (Å²) in [6.07, 6.45) is 4.90. The van der Waals surface area contributed by atoms with E-state index in [9.17, 15) is 0 Å². The zero-order valence-corrected chi connectivity index (χ0v) is 20.8. The average molecular weight is 474 g/mol. The van der Waals surface area contributed by atoms with Gasteiger partial charge in [0.2, 0.25) is 0 Å². The van der Waals surface area contributed by atoms with Crippen LogP contribution in [0.15, 0.2) is 128 Å². The summed E-state index contributed by atoms with van der Waals surface area (Å²) in [7, 11) is 0. The highest BCUT2D eigenvalue weighted by Crippen LogP contribution is 2.44. The number of benzene rings is 6. The first-order valence-corrected chi connectivity index (χ1v) is 12.6. The van der Waals surface area contributed by atoms with Gasteiger partial charge in [-0.3, -0.25) is 0 Å². The van der Waals surface area contributed by atoms with Crippen molar-refractivity contribution >= 4 is 44.1 Å². The van der Waals surface area contributed by atoms with Gasteiger partial charge in [0.15, 0.2) is 0 Å². The maximum absolute atomic E-state index is 7.49. The van der Waals surface area contributed by atoms with Crippen LogP contribution in [-0.4, -0.2) is 6.21 Å². The van der Waals surface area contributed by atoms with Crippen LogP contribution in [0.25, 0.3) is 60.1 Å². The zero-order valence-electron chi connectivity index (χ0n) is 20.8. The maximum Gasteiger partial charge on any atom is 0.0183 e. The molecule has 1 heteroatoms. The van der Waals surface area contributed by atoms with Crippen molar-refractivity contribution in [2.24, 2.45) is 0 Å². The first-order valence-electron chi connectivity index (χ1n) is 12.6. The molecule has 0 aliphatic heterocycles. The monoisotopic (exact) mass is 473 g/mol. The molecule has 6 rings (SSSR count). The maximum atomic E-state index is 7.49. The highest BCUT2D eigenvalue weighted by molar-refractivity contribution is 6.21. The fourth-order valence-corrected chi connectivity index (χ4v) is 5.42. The van der Waals surface area contributed by atoms with Crippen molar-refractivity contribution in [2.75, 3.05) is 0 Å². The van der Waals surface area contributed by atoms with E-state index in [0.29, 0.717) is 0 Å². The second-order valence-corrected chi connectivity index (χ2v) is 9.48. The number of rotatable bonds is 5. The largest absolute Gasteiger partial charge is 0.309 e. The second kappa shape index (κ2) is 9.37. The van der Waals surface area contributed by atoms with Gasteiger partial charge in [0, 0.05) is 6.21 Å². The molecule has 0 fully saturated rings. The van der Waals surface area contributed by atoms with E-state index in [4.69, 9.17) is 5.41 Å². The lowest BCUT2D eigenvalue weighted by atomic mass is 9.85. The van der Waals surface area contributed by atoms with Gasteiger partial charge in [0.25, 0.3) is 0 Å². The van der Waals surface area contributed by atoms with Crippen LogP contribution in [0.2, 0.25) is 0 Å². The van der Waals surface area contributed by atoms with Crippen LogP contribution in [-0.2, 0) is 0 Å². The fraction of sp³-hybridized carbons (Fsp3) is 0.0278. The average Bonchev–Trinajstić information content (AvgIpc) is 2.94. The van der Waals surface area contributed by atoms with Gasteiger partial charge in [0.1, 0.15) is 0 Å². The normalized spacial score (nSPS) is 11.8. The number of hydrogen-bond donors (Lipinski definition) is 1. The SMILES string of the molecule is C=C/C(=C\C=N)c1ccc2ccc(-c3c4ccccc4c(-c4ccc(C)cc4)c4ccccc34)cc2c1. The highest BCUT2D eigenvalue weighted by Gasteiger charge is 2.16. The van der Waals surface area contributed by atoms with E-state index in [0.717, 1.165) is 11.1 Å². The van der Waals surface area contributed by atoms with Crippen LogP contribution in [0.5, 0.6) is 0 Å². The molecule has 6 aromatic rings. The number of aryl methyl sites for hydroxylation is 1. The van der Waals surface area contributed by atoms with Gasteiger partial charge >= 0.3 is 0 Å². The lowest BCUT2D eigenvalue weighted by Crippen LogP contribution is -1.91. The molecule has 6 aromatic carbocycles. The predicted molar refractivity (Wildman–Crippen MR) is 162 cm³/mol. The number of allylic oxidation sites excluding steroid dienone is 3. The Bertz CT molecular complexity index is 1800. The summed E-state index contributed by atoms with van der Waals surface area (Å²) in [6, 6.07) is 39.6. The summed E-state index contributed by atoms with van der Waals surface area (Å²) >= 11 is 0. The molecule has 0 saturated carbocycles. The van der Waals surface area contributed by atoms with Gasteiger partial charge in [-0.1, -0.05) is 115 Å². The van der Waals surface area contributed by atoms with Crippen LogP contribution in [0.4, 0.5) is 0 Å². The molecule has 0 atom stereocenters. The first kappa shape index (κ1) is 22.7. The van der Waals surface area contributed by atoms with Crippen LogP contribution >= 0.6 is 0 Å². The summed E-state index contributed by atoms with van der Waals surface area (Å²) < 4.78 is 0. The van der Waals surface area contributed by atoms with E-state index in [-0.39, 0.29) is 0 Å². The molecule has 0 radical (unpaired) electrons. The highest BCUT2D eigenvalue weighted by atomic mass is 14.3. The molecule has 0 aromatic heterocycles. The molecule has 1 N–H and O–H groups in total. The van der Waals surface area contributed by atoms with Gasteiger partial charge in [-0.05, 0) is 90.8 Å². The minimum Gasteiger partial charge on any atom is -0.309 e. The van der Waals surface area contributed by atoms with Crippen molar-refractivity contribution in [1.29, 1.82) is 5.41 Å². The zero-order chi connectivity index (χ0) is 25.4. The molecule has 0 aliphatic rings. The van der Waals surface area contributed by atoms with Crippen molar-refractivity contribution in [3.05, 3.63) is 139 Å². The van der Waals surface area contributed by atoms with Crippen molar-refractivity contribution in [1.82, 2.24) is 0 Å². The summed E-state index contributed by atoms with van der Waals surface area (Å²) in [5, 5.41) is 14.9. The number of nitrogens with one attached hydrogen (secondary N) is 1. The van der Waals surface area contributed by atoms with Crippen LogP contribution in [0, 0.1) is 12.3 Å². The molecule has 0 saturated heterocycles. The Labute approximate surface area is 217 Å². The van der Waals surface area contributed by atoms with E-state index in [1.165, 1.54) is 66.3 Å². The molecule has 176 valence electrons. The van der Waals surface area contributed by atoms with E-state index >= 15 is 0 Å². The van der Waals surface area contributed by atoms with Crippen LogP contribution in [0.3, 0.4) is 0 Å². The van der Waals surface area contributed by atoms with Gasteiger partial charge in [-0.2, -0.15) is 0 Å². The van der Waals surface area contributed by atoms with Crippen molar-refractivity contribution in [3.8, 4) is 22.3 Å². The standard InChI is InChI=1S/C36H27N/c1-3-25(20-21-37)28-18-16-26-17-19-29(23-30(26)22-28)36-33-10-6-4-8-31(33)35(27-14-12-24(2)13-15-27)32-9-5-7-11-34(32)36/h3-23,37H,1H2,2H3/b25-20+,37-21?. The summed E-state index contributed by atoms with van der Waals surface area (Å²) in [5.74, 6) is 0. The summed E-state index contributed by atoms with van der Waals surface area (Å²) in [6.45, 7) is 6.07. The van der Waals surface area contributed by atoms with Crippen molar-refractivity contribution in [2.45, 2.75) is 6.92 Å². The second-order valence-electron chi connectivity index (χ2n) is 9.48. The van der Waals surface area contributed by atoms with E-state index in [1.54, 1.807) is 12.2 Å². The quantitative estimate of drug-likeness (QED) is 0.146. The van der Waals surface area contributed by atoms with Gasteiger partial charge in [-0.15, -0.1) is 0 Å². The Morgan fingerprint density at radius 3 is 1.73 bits per heavy atom. The summed E-state index contributed by atoms with van der Waals surface area (Å²) in [4.78, 5) is 0. The Kier molecular flexibility index (Phi) is 5.75. The Hall–Kier alpha value is -4.75. The molecule has 0 bridgehead atoms. The molecule has 37 heavy (non-hydrogen) atoms. The van der Waals surface area contributed by atoms with Gasteiger partial charge in [0.05, 0.1) is 0 Å². The third-order valence-corrected chi connectivity index (χ3v) is 7.22. The molecule has 0 aliphatic carbocycles. The van der Waals surface area contributed by atoms with Crippen LogP contribution in [0.1, 0.15) is 11.1 Å². The molecule has 0 spiro atoms. The minimum atomic E-state index is 0.945. The van der Waals surface area contributed by atoms with Gasteiger partial charge in [-0.25, -0.2) is 0 Å². The molecular formula is C36H27N. The molecular weight excluding hydrogens is 446 g/mol. The summed E-state index contributed by atoms with van der Waals surface area (Å²) in [5.41, 5.74) is 8.25.